The van der Waals surface area contributed by atoms with Crippen LogP contribution in [-0.4, -0.2) is 63.3 Å². The molecule has 4 rings (SSSR count). The van der Waals surface area contributed by atoms with Gasteiger partial charge in [-0.15, -0.1) is 13.2 Å². The van der Waals surface area contributed by atoms with Crippen molar-refractivity contribution in [3.05, 3.63) is 59.2 Å². The monoisotopic (exact) mass is 501 g/mol. The first-order valence-electron chi connectivity index (χ1n) is 11.0. The Morgan fingerprint density at radius 1 is 1.09 bits per heavy atom. The fraction of sp³-hybridized carbons (Fsp3) is 0.458. The lowest BCUT2D eigenvalue weighted by atomic mass is 9.70. The van der Waals surface area contributed by atoms with Gasteiger partial charge in [0.15, 0.2) is 11.5 Å². The molecule has 0 aliphatic carbocycles. The molecule has 2 unspecified atom stereocenters. The molecular weight excluding hydrogens is 477 g/mol. The maximum Gasteiger partial charge on any atom is 0.522 e. The smallest absolute Gasteiger partial charge is 0.493 e. The van der Waals surface area contributed by atoms with Crippen LogP contribution in [0.25, 0.3) is 0 Å². The van der Waals surface area contributed by atoms with Crippen molar-refractivity contribution in [2.75, 3.05) is 40.0 Å². The molecule has 1 amide bonds. The number of halogens is 5. The maximum absolute atomic E-state index is 13.9. The van der Waals surface area contributed by atoms with E-state index in [2.05, 4.69) is 4.74 Å². The summed E-state index contributed by atoms with van der Waals surface area (Å²) in [5, 5.41) is 0. The Balaban J connectivity index is 1.45. The van der Waals surface area contributed by atoms with Gasteiger partial charge in [-0.05, 0) is 48.7 Å². The summed E-state index contributed by atoms with van der Waals surface area (Å²) in [6.45, 7) is -0.0439. The molecule has 190 valence electrons. The number of likely N-dealkylation sites (tertiary alicyclic amines) is 1. The van der Waals surface area contributed by atoms with Gasteiger partial charge in [0.1, 0.15) is 18.2 Å². The van der Waals surface area contributed by atoms with E-state index in [0.717, 1.165) is 6.07 Å². The number of piperidine rings is 1. The minimum absolute atomic E-state index is 0.166. The van der Waals surface area contributed by atoms with Crippen LogP contribution < -0.4 is 9.47 Å². The molecule has 2 aromatic rings. The number of ether oxygens (including phenoxy) is 4. The number of hydrogen-bond donors (Lipinski definition) is 0. The number of hydrogen-bond acceptors (Lipinski definition) is 5. The van der Waals surface area contributed by atoms with E-state index in [1.807, 2.05) is 0 Å². The number of nitrogens with zero attached hydrogens (tertiary/aromatic N) is 1. The molecule has 2 fully saturated rings. The summed E-state index contributed by atoms with van der Waals surface area (Å²) in [5.41, 5.74) is 0.249. The van der Waals surface area contributed by atoms with E-state index < -0.39 is 36.1 Å². The second kappa shape index (κ2) is 9.98. The van der Waals surface area contributed by atoms with E-state index >= 15 is 0 Å². The van der Waals surface area contributed by atoms with Gasteiger partial charge in [0, 0.05) is 36.7 Å². The predicted octanol–water partition coefficient (Wildman–Crippen LogP) is 4.46. The average Bonchev–Trinajstić information content (AvgIpc) is 3.24. The van der Waals surface area contributed by atoms with Crippen LogP contribution in [0.2, 0.25) is 0 Å². The molecule has 0 radical (unpaired) electrons. The second-order valence-corrected chi connectivity index (χ2v) is 8.43. The molecule has 35 heavy (non-hydrogen) atoms. The van der Waals surface area contributed by atoms with Gasteiger partial charge in [-0.25, -0.2) is 8.78 Å². The van der Waals surface area contributed by atoms with Crippen LogP contribution in [0.5, 0.6) is 11.5 Å². The minimum atomic E-state index is -4.75. The summed E-state index contributed by atoms with van der Waals surface area (Å²) in [6, 6.07) is 7.85. The Bertz CT molecular complexity index is 1060. The van der Waals surface area contributed by atoms with Crippen LogP contribution in [0.4, 0.5) is 22.0 Å². The van der Waals surface area contributed by atoms with Crippen LogP contribution in [0.1, 0.15) is 28.8 Å². The molecule has 0 bridgehead atoms. The molecule has 11 heteroatoms. The van der Waals surface area contributed by atoms with Gasteiger partial charge in [-0.3, -0.25) is 9.53 Å². The molecule has 6 nitrogen and oxygen atoms in total. The van der Waals surface area contributed by atoms with Crippen LogP contribution in [0.3, 0.4) is 0 Å². The highest BCUT2D eigenvalue weighted by Gasteiger charge is 2.49. The van der Waals surface area contributed by atoms with Crippen molar-refractivity contribution >= 4 is 5.91 Å². The fourth-order valence-corrected chi connectivity index (χ4v) is 4.75. The Hall–Kier alpha value is -2.92. The summed E-state index contributed by atoms with van der Waals surface area (Å²) in [4.78, 5) is 14.8. The number of rotatable bonds is 7. The topological polar surface area (TPSA) is 57.2 Å². The zero-order valence-corrected chi connectivity index (χ0v) is 18.9. The molecule has 0 saturated carbocycles. The third-order valence-electron chi connectivity index (χ3n) is 6.44. The normalized spacial score (nSPS) is 22.1. The van der Waals surface area contributed by atoms with Crippen LogP contribution in [0, 0.1) is 11.6 Å². The molecule has 0 aromatic heterocycles. The molecular formula is C24H24F5NO5. The zero-order valence-electron chi connectivity index (χ0n) is 18.9. The van der Waals surface area contributed by atoms with Gasteiger partial charge in [-0.2, -0.15) is 0 Å². The first-order chi connectivity index (χ1) is 16.6. The summed E-state index contributed by atoms with van der Waals surface area (Å²) >= 11 is 0. The van der Waals surface area contributed by atoms with E-state index in [1.165, 1.54) is 37.4 Å². The number of methoxy groups -OCH3 is 1. The molecule has 2 aliphatic rings. The number of alkyl halides is 3. The molecule has 2 aromatic carbocycles. The average molecular weight is 501 g/mol. The van der Waals surface area contributed by atoms with Crippen molar-refractivity contribution in [2.24, 2.45) is 0 Å². The van der Waals surface area contributed by atoms with Gasteiger partial charge in [0.25, 0.3) is 5.91 Å². The first-order valence-corrected chi connectivity index (χ1v) is 11.0. The molecule has 2 heterocycles. The highest BCUT2D eigenvalue weighted by molar-refractivity contribution is 5.95. The van der Waals surface area contributed by atoms with E-state index in [4.69, 9.17) is 14.2 Å². The lowest BCUT2D eigenvalue weighted by Crippen LogP contribution is -2.53. The van der Waals surface area contributed by atoms with E-state index in [-0.39, 0.29) is 30.6 Å². The molecule has 2 saturated heterocycles. The molecule has 2 atom stereocenters. The van der Waals surface area contributed by atoms with Crippen molar-refractivity contribution in [2.45, 2.75) is 30.7 Å². The predicted molar refractivity (Wildman–Crippen MR) is 113 cm³/mol. The van der Waals surface area contributed by atoms with Crippen molar-refractivity contribution in [3.8, 4) is 11.5 Å². The van der Waals surface area contributed by atoms with Crippen molar-refractivity contribution in [1.29, 1.82) is 0 Å². The van der Waals surface area contributed by atoms with Crippen molar-refractivity contribution < 1.29 is 45.7 Å². The summed E-state index contributed by atoms with van der Waals surface area (Å²) in [5.74, 6) is -1.26. The lowest BCUT2D eigenvalue weighted by molar-refractivity contribution is -0.325. The number of carbonyl (C=O) groups excluding carboxylic acids is 1. The van der Waals surface area contributed by atoms with Gasteiger partial charge >= 0.3 is 6.36 Å². The lowest BCUT2D eigenvalue weighted by Gasteiger charge is -2.43. The number of amides is 1. The molecule has 0 spiro atoms. The van der Waals surface area contributed by atoms with Gasteiger partial charge in [-0.1, -0.05) is 0 Å². The molecule has 0 N–H and O–H groups in total. The highest BCUT2D eigenvalue weighted by Crippen LogP contribution is 2.45. The Labute approximate surface area is 198 Å². The number of benzene rings is 2. The van der Waals surface area contributed by atoms with Crippen LogP contribution >= 0.6 is 0 Å². The van der Waals surface area contributed by atoms with Crippen LogP contribution in [0.15, 0.2) is 36.4 Å². The van der Waals surface area contributed by atoms with E-state index in [0.29, 0.717) is 37.1 Å². The van der Waals surface area contributed by atoms with E-state index in [9.17, 15) is 26.7 Å². The SMILES string of the molecule is COc1cc(C(=O)N2CCC3(c4cc(F)cc(F)c4)CCOC3C2)ccc1OCCOC(F)(F)F. The van der Waals surface area contributed by atoms with Crippen LogP contribution in [-0.2, 0) is 14.9 Å². The third kappa shape index (κ3) is 5.51. The number of fused-ring (bicyclic) bond motifs is 1. The second-order valence-electron chi connectivity index (χ2n) is 8.43. The largest absolute Gasteiger partial charge is 0.522 e. The van der Waals surface area contributed by atoms with Crippen molar-refractivity contribution in [3.63, 3.8) is 0 Å². The number of carbonyl (C=O) groups is 1. The third-order valence-corrected chi connectivity index (χ3v) is 6.44. The standard InChI is InChI=1S/C24H24F5NO5/c1-32-20-10-15(2-3-19(20)33-8-9-35-24(27,28)29)22(31)30-6-4-23(5-7-34-21(23)14-30)16-11-17(25)13-18(26)12-16/h2-3,10-13,21H,4-9,14H2,1H3. The summed E-state index contributed by atoms with van der Waals surface area (Å²) in [6.07, 6.45) is -4.09. The van der Waals surface area contributed by atoms with Gasteiger partial charge in [0.2, 0.25) is 0 Å². The van der Waals surface area contributed by atoms with Gasteiger partial charge < -0.3 is 19.1 Å². The van der Waals surface area contributed by atoms with Gasteiger partial charge in [0.05, 0.1) is 19.8 Å². The zero-order chi connectivity index (χ0) is 25.2. The highest BCUT2D eigenvalue weighted by atomic mass is 19.4. The van der Waals surface area contributed by atoms with E-state index in [1.54, 1.807) is 4.90 Å². The summed E-state index contributed by atoms with van der Waals surface area (Å²) in [7, 11) is 1.35. The quantitative estimate of drug-likeness (QED) is 0.414. The Morgan fingerprint density at radius 2 is 1.83 bits per heavy atom. The first kappa shape index (κ1) is 25.2. The maximum atomic E-state index is 13.9. The Kier molecular flexibility index (Phi) is 7.18. The molecule has 2 aliphatic heterocycles. The Morgan fingerprint density at radius 3 is 2.51 bits per heavy atom. The van der Waals surface area contributed by atoms with Crippen molar-refractivity contribution in [1.82, 2.24) is 4.90 Å². The minimum Gasteiger partial charge on any atom is -0.493 e. The fourth-order valence-electron chi connectivity index (χ4n) is 4.75. The summed E-state index contributed by atoms with van der Waals surface area (Å²) < 4.78 is 84.1.